The molecule has 0 radical (unpaired) electrons. The van der Waals surface area contributed by atoms with Gasteiger partial charge in [0.1, 0.15) is 5.82 Å². The highest BCUT2D eigenvalue weighted by atomic mass is 79.9. The molecule has 2 rings (SSSR count). The lowest BCUT2D eigenvalue weighted by Gasteiger charge is -2.11. The number of benzene rings is 1. The fourth-order valence-corrected chi connectivity index (χ4v) is 2.12. The zero-order valence-corrected chi connectivity index (χ0v) is 12.4. The molecule has 4 heteroatoms. The van der Waals surface area contributed by atoms with Gasteiger partial charge >= 0.3 is 0 Å². The van der Waals surface area contributed by atoms with Gasteiger partial charge in [-0.2, -0.15) is 0 Å². The molecule has 0 fully saturated rings. The molecule has 0 amide bonds. The number of aromatic nitrogens is 2. The van der Waals surface area contributed by atoms with E-state index in [2.05, 4.69) is 38.1 Å². The summed E-state index contributed by atoms with van der Waals surface area (Å²) in [6.07, 6.45) is 0. The minimum atomic E-state index is 0.760. The fourth-order valence-electron chi connectivity index (χ4n) is 1.73. The van der Waals surface area contributed by atoms with E-state index in [0.717, 1.165) is 39.5 Å². The molecule has 18 heavy (non-hydrogen) atoms. The van der Waals surface area contributed by atoms with Crippen LogP contribution in [0, 0.1) is 13.8 Å². The third-order valence-corrected chi connectivity index (χ3v) is 3.31. The smallest absolute Gasteiger partial charge is 0.161 e. The zero-order chi connectivity index (χ0) is 13.1. The number of hydrogen-bond donors (Lipinski definition) is 1. The van der Waals surface area contributed by atoms with Crippen LogP contribution in [0.5, 0.6) is 0 Å². The predicted octanol–water partition coefficient (Wildman–Crippen LogP) is 3.95. The summed E-state index contributed by atoms with van der Waals surface area (Å²) in [6, 6.07) is 8.03. The highest BCUT2D eigenvalue weighted by Crippen LogP contribution is 2.23. The van der Waals surface area contributed by atoms with Crippen LogP contribution in [0.4, 0.5) is 5.82 Å². The number of rotatable bonds is 3. The van der Waals surface area contributed by atoms with Crippen molar-refractivity contribution >= 4 is 21.7 Å². The average Bonchev–Trinajstić information content (AvgIpc) is 2.35. The Bertz CT molecular complexity index is 567. The minimum Gasteiger partial charge on any atom is -0.370 e. The molecule has 0 aliphatic rings. The van der Waals surface area contributed by atoms with Gasteiger partial charge in [0.2, 0.25) is 0 Å². The molecule has 0 atom stereocenters. The highest BCUT2D eigenvalue weighted by molar-refractivity contribution is 9.10. The number of hydrogen-bond acceptors (Lipinski definition) is 3. The van der Waals surface area contributed by atoms with Crippen LogP contribution < -0.4 is 5.32 Å². The van der Waals surface area contributed by atoms with E-state index in [1.165, 1.54) is 0 Å². The Kier molecular flexibility index (Phi) is 3.97. The van der Waals surface area contributed by atoms with Crippen molar-refractivity contribution in [3.8, 4) is 11.4 Å². The van der Waals surface area contributed by atoms with E-state index in [1.807, 2.05) is 38.1 Å². The Morgan fingerprint density at radius 2 is 2.00 bits per heavy atom. The van der Waals surface area contributed by atoms with Crippen LogP contribution in [0.1, 0.15) is 18.2 Å². The van der Waals surface area contributed by atoms with Crippen molar-refractivity contribution in [1.29, 1.82) is 0 Å². The molecule has 0 saturated heterocycles. The number of halogens is 1. The van der Waals surface area contributed by atoms with Gasteiger partial charge in [-0.3, -0.25) is 0 Å². The Hall–Kier alpha value is -1.42. The van der Waals surface area contributed by atoms with E-state index < -0.39 is 0 Å². The third kappa shape index (κ3) is 2.70. The maximum Gasteiger partial charge on any atom is 0.161 e. The molecular weight excluding hydrogens is 290 g/mol. The standard InChI is InChI=1S/C14H16BrN3/c1-4-16-13-9(2)10(3)17-14(18-13)11-6-5-7-12(15)8-11/h5-8H,4H2,1-3H3,(H,16,17,18). The van der Waals surface area contributed by atoms with Crippen LogP contribution in [0.25, 0.3) is 11.4 Å². The fraction of sp³-hybridized carbons (Fsp3) is 0.286. The molecular formula is C14H16BrN3. The van der Waals surface area contributed by atoms with Gasteiger partial charge in [0.25, 0.3) is 0 Å². The van der Waals surface area contributed by atoms with Gasteiger partial charge in [-0.05, 0) is 32.9 Å². The summed E-state index contributed by atoms with van der Waals surface area (Å²) in [6.45, 7) is 6.97. The number of aryl methyl sites for hydroxylation is 1. The van der Waals surface area contributed by atoms with Gasteiger partial charge in [-0.15, -0.1) is 0 Å². The molecule has 1 aromatic carbocycles. The minimum absolute atomic E-state index is 0.760. The van der Waals surface area contributed by atoms with Crippen LogP contribution >= 0.6 is 15.9 Å². The molecule has 94 valence electrons. The topological polar surface area (TPSA) is 37.8 Å². The van der Waals surface area contributed by atoms with Crippen LogP contribution in [-0.4, -0.2) is 16.5 Å². The van der Waals surface area contributed by atoms with Crippen LogP contribution in [-0.2, 0) is 0 Å². The monoisotopic (exact) mass is 305 g/mol. The van der Waals surface area contributed by atoms with E-state index in [-0.39, 0.29) is 0 Å². The van der Waals surface area contributed by atoms with Gasteiger partial charge in [0.05, 0.1) is 0 Å². The second kappa shape index (κ2) is 5.48. The van der Waals surface area contributed by atoms with Crippen molar-refractivity contribution in [2.24, 2.45) is 0 Å². The molecule has 1 heterocycles. The molecule has 1 N–H and O–H groups in total. The van der Waals surface area contributed by atoms with E-state index >= 15 is 0 Å². The van der Waals surface area contributed by atoms with Gasteiger partial charge in [0, 0.05) is 27.8 Å². The van der Waals surface area contributed by atoms with Crippen molar-refractivity contribution < 1.29 is 0 Å². The first-order valence-corrected chi connectivity index (χ1v) is 6.76. The molecule has 1 aromatic heterocycles. The second-order valence-corrected chi connectivity index (χ2v) is 5.06. The van der Waals surface area contributed by atoms with Crippen LogP contribution in [0.2, 0.25) is 0 Å². The van der Waals surface area contributed by atoms with Crippen molar-refractivity contribution in [2.75, 3.05) is 11.9 Å². The lowest BCUT2D eigenvalue weighted by atomic mass is 10.2. The Balaban J connectivity index is 2.51. The van der Waals surface area contributed by atoms with Crippen molar-refractivity contribution in [3.05, 3.63) is 40.0 Å². The summed E-state index contributed by atoms with van der Waals surface area (Å²) in [7, 11) is 0. The first kappa shape index (κ1) is 13.0. The zero-order valence-electron chi connectivity index (χ0n) is 10.8. The molecule has 0 aliphatic carbocycles. The maximum atomic E-state index is 4.59. The number of anilines is 1. The van der Waals surface area contributed by atoms with Crippen LogP contribution in [0.3, 0.4) is 0 Å². The Morgan fingerprint density at radius 1 is 1.22 bits per heavy atom. The van der Waals surface area contributed by atoms with E-state index in [1.54, 1.807) is 0 Å². The van der Waals surface area contributed by atoms with Crippen LogP contribution in [0.15, 0.2) is 28.7 Å². The molecule has 2 aromatic rings. The summed E-state index contributed by atoms with van der Waals surface area (Å²) in [4.78, 5) is 9.15. The summed E-state index contributed by atoms with van der Waals surface area (Å²) >= 11 is 3.47. The first-order chi connectivity index (χ1) is 8.61. The van der Waals surface area contributed by atoms with Gasteiger partial charge < -0.3 is 5.32 Å². The third-order valence-electron chi connectivity index (χ3n) is 2.82. The molecule has 0 bridgehead atoms. The lowest BCUT2D eigenvalue weighted by Crippen LogP contribution is -2.06. The Labute approximate surface area is 116 Å². The van der Waals surface area contributed by atoms with Crippen molar-refractivity contribution in [2.45, 2.75) is 20.8 Å². The summed E-state index contributed by atoms with van der Waals surface area (Å²) in [5, 5.41) is 3.28. The second-order valence-electron chi connectivity index (χ2n) is 4.15. The summed E-state index contributed by atoms with van der Waals surface area (Å²) in [5.74, 6) is 1.68. The van der Waals surface area contributed by atoms with Gasteiger partial charge in [-0.25, -0.2) is 9.97 Å². The maximum absolute atomic E-state index is 4.59. The Morgan fingerprint density at radius 3 is 2.67 bits per heavy atom. The highest BCUT2D eigenvalue weighted by Gasteiger charge is 2.09. The molecule has 0 aliphatic heterocycles. The van der Waals surface area contributed by atoms with E-state index in [9.17, 15) is 0 Å². The predicted molar refractivity (Wildman–Crippen MR) is 78.8 cm³/mol. The summed E-state index contributed by atoms with van der Waals surface area (Å²) < 4.78 is 1.03. The lowest BCUT2D eigenvalue weighted by molar-refractivity contribution is 1.05. The van der Waals surface area contributed by atoms with E-state index in [0.29, 0.717) is 0 Å². The van der Waals surface area contributed by atoms with Crippen molar-refractivity contribution in [3.63, 3.8) is 0 Å². The molecule has 3 nitrogen and oxygen atoms in total. The molecule has 0 unspecified atom stereocenters. The number of nitrogens with one attached hydrogen (secondary N) is 1. The van der Waals surface area contributed by atoms with Crippen molar-refractivity contribution in [1.82, 2.24) is 9.97 Å². The average molecular weight is 306 g/mol. The molecule has 0 spiro atoms. The normalized spacial score (nSPS) is 10.4. The number of nitrogens with zero attached hydrogens (tertiary/aromatic N) is 2. The first-order valence-electron chi connectivity index (χ1n) is 5.97. The SMILES string of the molecule is CCNc1nc(-c2cccc(Br)c2)nc(C)c1C. The quantitative estimate of drug-likeness (QED) is 0.933. The van der Waals surface area contributed by atoms with Gasteiger partial charge in [-0.1, -0.05) is 28.1 Å². The summed E-state index contributed by atoms with van der Waals surface area (Å²) in [5.41, 5.74) is 3.14. The molecule has 0 saturated carbocycles. The van der Waals surface area contributed by atoms with Gasteiger partial charge in [0.15, 0.2) is 5.82 Å². The largest absolute Gasteiger partial charge is 0.370 e. The van der Waals surface area contributed by atoms with E-state index in [4.69, 9.17) is 0 Å².